The molecule has 1 saturated heterocycles. The number of piperazine rings is 1. The summed E-state index contributed by atoms with van der Waals surface area (Å²) in [7, 11) is 0. The first-order chi connectivity index (χ1) is 14.9. The highest BCUT2D eigenvalue weighted by Crippen LogP contribution is 2.24. The van der Waals surface area contributed by atoms with Gasteiger partial charge in [-0.1, -0.05) is 44.2 Å². The van der Waals surface area contributed by atoms with Crippen molar-refractivity contribution in [2.24, 2.45) is 0 Å². The van der Waals surface area contributed by atoms with Crippen LogP contribution in [0.3, 0.4) is 0 Å². The third kappa shape index (κ3) is 4.56. The maximum Gasteiger partial charge on any atom is 0.269 e. The van der Waals surface area contributed by atoms with Gasteiger partial charge in [0.25, 0.3) is 11.6 Å². The van der Waals surface area contributed by atoms with Gasteiger partial charge in [-0.25, -0.2) is 0 Å². The average Bonchev–Trinajstić information content (AvgIpc) is 2.78. The lowest BCUT2D eigenvalue weighted by Crippen LogP contribution is -2.48. The molecule has 31 heavy (non-hydrogen) atoms. The molecule has 1 fully saturated rings. The van der Waals surface area contributed by atoms with Crippen LogP contribution in [0.4, 0.5) is 5.69 Å². The van der Waals surface area contributed by atoms with E-state index in [9.17, 15) is 14.9 Å². The number of aromatic nitrogens is 1. The van der Waals surface area contributed by atoms with Crippen LogP contribution in [0.1, 0.15) is 41.4 Å². The maximum atomic E-state index is 13.4. The van der Waals surface area contributed by atoms with Gasteiger partial charge in [-0.15, -0.1) is 0 Å². The van der Waals surface area contributed by atoms with E-state index in [-0.39, 0.29) is 22.4 Å². The molecule has 0 aliphatic carbocycles. The van der Waals surface area contributed by atoms with Crippen LogP contribution in [0.5, 0.6) is 0 Å². The van der Waals surface area contributed by atoms with Crippen molar-refractivity contribution >= 4 is 22.5 Å². The minimum Gasteiger partial charge on any atom is -0.336 e. The summed E-state index contributed by atoms with van der Waals surface area (Å²) in [5.74, 6) is 0.276. The molecule has 2 aromatic carbocycles. The highest BCUT2D eigenvalue weighted by Gasteiger charge is 2.24. The average molecular weight is 418 g/mol. The normalized spacial score (nSPS) is 14.9. The summed E-state index contributed by atoms with van der Waals surface area (Å²) in [6, 6.07) is 16.5. The second kappa shape index (κ2) is 8.81. The van der Waals surface area contributed by atoms with E-state index in [1.54, 1.807) is 12.1 Å². The maximum absolute atomic E-state index is 13.4. The lowest BCUT2D eigenvalue weighted by Gasteiger charge is -2.35. The number of non-ortho nitro benzene ring substituents is 1. The molecule has 1 aliphatic rings. The van der Waals surface area contributed by atoms with Gasteiger partial charge in [0.2, 0.25) is 0 Å². The van der Waals surface area contributed by atoms with Crippen LogP contribution < -0.4 is 0 Å². The zero-order valence-electron chi connectivity index (χ0n) is 17.8. The molecule has 2 heterocycles. The zero-order valence-corrected chi connectivity index (χ0v) is 17.8. The van der Waals surface area contributed by atoms with Gasteiger partial charge in [0, 0.05) is 55.9 Å². The summed E-state index contributed by atoms with van der Waals surface area (Å²) in [4.78, 5) is 32.9. The summed E-state index contributed by atoms with van der Waals surface area (Å²) in [6.07, 6.45) is 0. The number of benzene rings is 2. The predicted molar refractivity (Wildman–Crippen MR) is 120 cm³/mol. The number of pyridine rings is 1. The third-order valence-corrected chi connectivity index (χ3v) is 5.75. The number of carbonyl (C=O) groups is 1. The molecule has 7 nitrogen and oxygen atoms in total. The minimum absolute atomic E-state index is 0.0375. The SMILES string of the molecule is CC(C)c1cc(C(=O)N2CCN(Cc3cccc([N+](=O)[O-])c3)CC2)c2ccccc2n1. The van der Waals surface area contributed by atoms with Crippen molar-refractivity contribution in [2.75, 3.05) is 26.2 Å². The molecule has 160 valence electrons. The van der Waals surface area contributed by atoms with Crippen LogP contribution in [0, 0.1) is 10.1 Å². The Balaban J connectivity index is 1.47. The molecule has 0 radical (unpaired) electrons. The fourth-order valence-electron chi connectivity index (χ4n) is 3.97. The second-order valence-electron chi connectivity index (χ2n) is 8.26. The molecule has 1 aliphatic heterocycles. The quantitative estimate of drug-likeness (QED) is 0.458. The molecular formula is C24H26N4O3. The molecule has 0 spiro atoms. The van der Waals surface area contributed by atoms with E-state index in [4.69, 9.17) is 4.98 Å². The highest BCUT2D eigenvalue weighted by molar-refractivity contribution is 6.06. The van der Waals surface area contributed by atoms with E-state index in [1.165, 1.54) is 6.07 Å². The smallest absolute Gasteiger partial charge is 0.269 e. The Labute approximate surface area is 181 Å². The van der Waals surface area contributed by atoms with Crippen molar-refractivity contribution < 1.29 is 9.72 Å². The summed E-state index contributed by atoms with van der Waals surface area (Å²) in [6.45, 7) is 7.52. The molecule has 4 rings (SSSR count). The third-order valence-electron chi connectivity index (χ3n) is 5.75. The Morgan fingerprint density at radius 1 is 1.06 bits per heavy atom. The number of nitro groups is 1. The summed E-state index contributed by atoms with van der Waals surface area (Å²) in [5, 5.41) is 11.9. The zero-order chi connectivity index (χ0) is 22.0. The fourth-order valence-corrected chi connectivity index (χ4v) is 3.97. The first-order valence-electron chi connectivity index (χ1n) is 10.6. The number of fused-ring (bicyclic) bond motifs is 1. The van der Waals surface area contributed by atoms with Gasteiger partial charge in [-0.05, 0) is 23.6 Å². The van der Waals surface area contributed by atoms with E-state index in [0.717, 1.165) is 35.2 Å². The van der Waals surface area contributed by atoms with Crippen LogP contribution in [0.2, 0.25) is 0 Å². The number of nitro benzene ring substituents is 1. The summed E-state index contributed by atoms with van der Waals surface area (Å²) >= 11 is 0. The Morgan fingerprint density at radius 3 is 2.52 bits per heavy atom. The molecule has 0 unspecified atom stereocenters. The van der Waals surface area contributed by atoms with Crippen molar-refractivity contribution in [1.29, 1.82) is 0 Å². The van der Waals surface area contributed by atoms with Crippen molar-refractivity contribution in [3.05, 3.63) is 81.5 Å². The van der Waals surface area contributed by atoms with Crippen molar-refractivity contribution in [3.63, 3.8) is 0 Å². The van der Waals surface area contributed by atoms with Crippen molar-refractivity contribution in [2.45, 2.75) is 26.3 Å². The summed E-state index contributed by atoms with van der Waals surface area (Å²) in [5.41, 5.74) is 3.50. The number of hydrogen-bond donors (Lipinski definition) is 0. The van der Waals surface area contributed by atoms with Crippen LogP contribution >= 0.6 is 0 Å². The predicted octanol–water partition coefficient (Wildman–Crippen LogP) is 4.22. The number of carbonyl (C=O) groups excluding carboxylic acids is 1. The van der Waals surface area contributed by atoms with Crippen molar-refractivity contribution in [1.82, 2.24) is 14.8 Å². The van der Waals surface area contributed by atoms with Gasteiger partial charge < -0.3 is 4.90 Å². The van der Waals surface area contributed by atoms with E-state index in [2.05, 4.69) is 18.7 Å². The van der Waals surface area contributed by atoms with E-state index in [0.29, 0.717) is 25.2 Å². The largest absolute Gasteiger partial charge is 0.336 e. The molecule has 0 N–H and O–H groups in total. The molecule has 0 atom stereocenters. The Morgan fingerprint density at radius 2 is 1.81 bits per heavy atom. The van der Waals surface area contributed by atoms with E-state index >= 15 is 0 Å². The van der Waals surface area contributed by atoms with Crippen molar-refractivity contribution in [3.8, 4) is 0 Å². The number of hydrogen-bond acceptors (Lipinski definition) is 5. The number of amides is 1. The van der Waals surface area contributed by atoms with E-state index in [1.807, 2.05) is 41.3 Å². The molecule has 0 saturated carbocycles. The first kappa shape index (κ1) is 20.9. The second-order valence-corrected chi connectivity index (χ2v) is 8.26. The molecule has 1 amide bonds. The molecular weight excluding hydrogens is 392 g/mol. The fraction of sp³-hybridized carbons (Fsp3) is 0.333. The monoisotopic (exact) mass is 418 g/mol. The minimum atomic E-state index is -0.370. The Hall–Kier alpha value is -3.32. The molecule has 7 heteroatoms. The number of para-hydroxylation sites is 1. The molecule has 3 aromatic rings. The van der Waals surface area contributed by atoms with Gasteiger partial charge in [0.1, 0.15) is 0 Å². The lowest BCUT2D eigenvalue weighted by molar-refractivity contribution is -0.384. The van der Waals surface area contributed by atoms with Gasteiger partial charge in [-0.2, -0.15) is 0 Å². The van der Waals surface area contributed by atoms with Gasteiger partial charge in [-0.3, -0.25) is 24.8 Å². The van der Waals surface area contributed by atoms with Gasteiger partial charge in [0.05, 0.1) is 16.0 Å². The summed E-state index contributed by atoms with van der Waals surface area (Å²) < 4.78 is 0. The lowest BCUT2D eigenvalue weighted by atomic mass is 10.0. The molecule has 0 bridgehead atoms. The Bertz CT molecular complexity index is 1120. The van der Waals surface area contributed by atoms with E-state index < -0.39 is 0 Å². The van der Waals surface area contributed by atoms with Crippen LogP contribution in [0.15, 0.2) is 54.6 Å². The number of rotatable bonds is 5. The van der Waals surface area contributed by atoms with Crippen LogP contribution in [-0.2, 0) is 6.54 Å². The van der Waals surface area contributed by atoms with Crippen LogP contribution in [0.25, 0.3) is 10.9 Å². The van der Waals surface area contributed by atoms with Crippen LogP contribution in [-0.4, -0.2) is 51.8 Å². The number of nitrogens with zero attached hydrogens (tertiary/aromatic N) is 4. The van der Waals surface area contributed by atoms with Gasteiger partial charge in [0.15, 0.2) is 0 Å². The van der Waals surface area contributed by atoms with Gasteiger partial charge >= 0.3 is 0 Å². The standard InChI is InChI=1S/C24H26N4O3/c1-17(2)23-15-21(20-8-3-4-9-22(20)25-23)24(29)27-12-10-26(11-13-27)16-18-6-5-7-19(14-18)28(30)31/h3-9,14-15,17H,10-13,16H2,1-2H3. The molecule has 1 aromatic heterocycles. The topological polar surface area (TPSA) is 79.6 Å². The first-order valence-corrected chi connectivity index (χ1v) is 10.6. The highest BCUT2D eigenvalue weighted by atomic mass is 16.6. The Kier molecular flexibility index (Phi) is 5.95.